The van der Waals surface area contributed by atoms with Crippen LogP contribution in [-0.2, 0) is 4.74 Å². The first kappa shape index (κ1) is 13.1. The van der Waals surface area contributed by atoms with E-state index in [1.807, 2.05) is 0 Å². The number of fused-ring (bicyclic) bond motifs is 2. The molecule has 2 heteroatoms. The Hall–Kier alpha value is -0.340. The van der Waals surface area contributed by atoms with Crippen LogP contribution in [0.2, 0.25) is 0 Å². The smallest absolute Gasteiger partial charge is 0.0643 e. The highest BCUT2D eigenvalue weighted by Crippen LogP contribution is 2.52. The Morgan fingerprint density at radius 3 is 2.76 bits per heavy atom. The zero-order chi connectivity index (χ0) is 12.6. The molecule has 2 bridgehead atoms. The molecule has 0 amide bonds. The summed E-state index contributed by atoms with van der Waals surface area (Å²) in [4.78, 5) is 0. The Morgan fingerprint density at radius 1 is 1.47 bits per heavy atom. The highest BCUT2D eigenvalue weighted by Gasteiger charge is 2.52. The van der Waals surface area contributed by atoms with Crippen molar-refractivity contribution in [3.63, 3.8) is 0 Å². The molecule has 0 aromatic rings. The fourth-order valence-electron chi connectivity index (χ4n) is 3.96. The number of allylic oxidation sites excluding steroid dienone is 1. The van der Waals surface area contributed by atoms with Gasteiger partial charge in [-0.05, 0) is 25.2 Å². The number of aliphatic hydroxyl groups is 1. The molecule has 1 saturated heterocycles. The Morgan fingerprint density at radius 2 is 2.18 bits per heavy atom. The van der Waals surface area contributed by atoms with Gasteiger partial charge in [0, 0.05) is 11.3 Å². The number of rotatable bonds is 3. The summed E-state index contributed by atoms with van der Waals surface area (Å²) in [5.41, 5.74) is 1.42. The normalized spacial score (nSPS) is 45.6. The zero-order valence-electron chi connectivity index (χ0n) is 11.6. The molecule has 0 aromatic carbocycles. The first-order valence-electron chi connectivity index (χ1n) is 6.97. The zero-order valence-corrected chi connectivity index (χ0v) is 11.6. The van der Waals surface area contributed by atoms with E-state index >= 15 is 0 Å². The molecule has 0 unspecified atom stereocenters. The third kappa shape index (κ3) is 1.86. The van der Waals surface area contributed by atoms with Gasteiger partial charge in [0.2, 0.25) is 0 Å². The molecule has 1 aliphatic carbocycles. The van der Waals surface area contributed by atoms with Gasteiger partial charge in [-0.1, -0.05) is 38.8 Å². The molecular weight excluding hydrogens is 212 g/mol. The number of hydrogen-bond donors (Lipinski definition) is 1. The fourth-order valence-corrected chi connectivity index (χ4v) is 3.96. The Labute approximate surface area is 105 Å². The largest absolute Gasteiger partial charge is 0.396 e. The van der Waals surface area contributed by atoms with E-state index in [4.69, 9.17) is 4.74 Å². The summed E-state index contributed by atoms with van der Waals surface area (Å²) in [5, 5.41) is 9.83. The third-order valence-electron chi connectivity index (χ3n) is 5.23. The Bertz CT molecular complexity index is 310. The summed E-state index contributed by atoms with van der Waals surface area (Å²) < 4.78 is 6.09. The Kier molecular flexibility index (Phi) is 3.65. The predicted octanol–water partition coefficient (Wildman–Crippen LogP) is 3.01. The van der Waals surface area contributed by atoms with Crippen molar-refractivity contribution in [2.75, 3.05) is 13.2 Å². The molecule has 0 radical (unpaired) electrons. The maximum atomic E-state index is 9.83. The van der Waals surface area contributed by atoms with Crippen molar-refractivity contribution >= 4 is 0 Å². The van der Waals surface area contributed by atoms with Crippen LogP contribution >= 0.6 is 0 Å². The molecule has 1 aliphatic heterocycles. The molecule has 0 spiro atoms. The molecule has 2 nitrogen and oxygen atoms in total. The van der Waals surface area contributed by atoms with Gasteiger partial charge in [-0.3, -0.25) is 0 Å². The topological polar surface area (TPSA) is 29.5 Å². The summed E-state index contributed by atoms with van der Waals surface area (Å²) in [7, 11) is 0. The summed E-state index contributed by atoms with van der Waals surface area (Å²) >= 11 is 0. The van der Waals surface area contributed by atoms with Crippen LogP contribution in [0.4, 0.5) is 0 Å². The quantitative estimate of drug-likeness (QED) is 0.766. The number of hydrogen-bond acceptors (Lipinski definition) is 2. The van der Waals surface area contributed by atoms with Crippen LogP contribution in [0, 0.1) is 23.2 Å². The van der Waals surface area contributed by atoms with Crippen molar-refractivity contribution < 1.29 is 9.84 Å². The lowest BCUT2D eigenvalue weighted by atomic mass is 9.56. The van der Waals surface area contributed by atoms with Gasteiger partial charge in [0.15, 0.2) is 0 Å². The van der Waals surface area contributed by atoms with Gasteiger partial charge in [-0.25, -0.2) is 0 Å². The van der Waals surface area contributed by atoms with Crippen LogP contribution < -0.4 is 0 Å². The van der Waals surface area contributed by atoms with Crippen molar-refractivity contribution in [1.82, 2.24) is 0 Å². The third-order valence-corrected chi connectivity index (χ3v) is 5.23. The maximum absolute atomic E-state index is 9.83. The molecule has 0 saturated carbocycles. The van der Waals surface area contributed by atoms with Gasteiger partial charge in [-0.2, -0.15) is 0 Å². The fraction of sp³-hybridized carbons (Fsp3) is 0.867. The van der Waals surface area contributed by atoms with Crippen LogP contribution in [-0.4, -0.2) is 24.4 Å². The number of aliphatic hydroxyl groups excluding tert-OH is 1. The number of ether oxygens (including phenoxy) is 1. The molecule has 2 aliphatic rings. The van der Waals surface area contributed by atoms with Crippen molar-refractivity contribution in [1.29, 1.82) is 0 Å². The maximum Gasteiger partial charge on any atom is 0.0643 e. The highest BCUT2D eigenvalue weighted by atomic mass is 16.5. The van der Waals surface area contributed by atoms with Gasteiger partial charge in [0.1, 0.15) is 0 Å². The molecule has 5 atom stereocenters. The van der Waals surface area contributed by atoms with Crippen LogP contribution in [0.15, 0.2) is 11.6 Å². The minimum absolute atomic E-state index is 0.0472. The van der Waals surface area contributed by atoms with Crippen molar-refractivity contribution in [3.8, 4) is 0 Å². The molecular formula is C15H26O2. The van der Waals surface area contributed by atoms with Gasteiger partial charge in [0.25, 0.3) is 0 Å². The second-order valence-electron chi connectivity index (χ2n) is 6.04. The SMILES string of the molecule is CCC[C@H]1OC[C@]2(CO)[C@H](C)C=C(C)[C@H]1[C@H]2C. The monoisotopic (exact) mass is 238 g/mol. The molecule has 2 rings (SSSR count). The van der Waals surface area contributed by atoms with E-state index in [0.29, 0.717) is 23.9 Å². The standard InChI is InChI=1S/C15H26O2/c1-5-6-13-14-10(2)7-11(3)15(8-16,9-17-13)12(14)4/h7,11-14,16H,5-6,8-9H2,1-4H3/t11-,12-,13-,14+,15-/m1/s1. The van der Waals surface area contributed by atoms with Crippen LogP contribution in [0.1, 0.15) is 40.5 Å². The second-order valence-corrected chi connectivity index (χ2v) is 6.04. The van der Waals surface area contributed by atoms with Crippen molar-refractivity contribution in [2.45, 2.75) is 46.6 Å². The van der Waals surface area contributed by atoms with E-state index in [-0.39, 0.29) is 12.0 Å². The second kappa shape index (κ2) is 4.74. The molecule has 0 aromatic heterocycles. The minimum Gasteiger partial charge on any atom is -0.396 e. The molecule has 1 N–H and O–H groups in total. The average molecular weight is 238 g/mol. The van der Waals surface area contributed by atoms with Crippen molar-refractivity contribution in [2.24, 2.45) is 23.2 Å². The summed E-state index contributed by atoms with van der Waals surface area (Å²) in [6.45, 7) is 9.93. The lowest BCUT2D eigenvalue weighted by molar-refractivity contribution is -0.164. The Balaban J connectivity index is 2.34. The van der Waals surface area contributed by atoms with Gasteiger partial charge >= 0.3 is 0 Å². The van der Waals surface area contributed by atoms with E-state index in [1.165, 1.54) is 12.0 Å². The van der Waals surface area contributed by atoms with Crippen LogP contribution in [0.25, 0.3) is 0 Å². The predicted molar refractivity (Wildman–Crippen MR) is 69.7 cm³/mol. The lowest BCUT2D eigenvalue weighted by Crippen LogP contribution is -2.56. The minimum atomic E-state index is -0.0472. The van der Waals surface area contributed by atoms with Gasteiger partial charge in [-0.15, -0.1) is 0 Å². The lowest BCUT2D eigenvalue weighted by Gasteiger charge is -2.55. The summed E-state index contributed by atoms with van der Waals surface area (Å²) in [5.74, 6) is 1.45. The van der Waals surface area contributed by atoms with Crippen LogP contribution in [0.3, 0.4) is 0 Å². The molecule has 17 heavy (non-hydrogen) atoms. The summed E-state index contributed by atoms with van der Waals surface area (Å²) in [6, 6.07) is 0. The van der Waals surface area contributed by atoms with Gasteiger partial charge < -0.3 is 9.84 Å². The first-order valence-corrected chi connectivity index (χ1v) is 6.97. The summed E-state index contributed by atoms with van der Waals surface area (Å²) in [6.07, 6.45) is 5.03. The van der Waals surface area contributed by atoms with E-state index in [0.717, 1.165) is 13.0 Å². The van der Waals surface area contributed by atoms with E-state index in [1.54, 1.807) is 0 Å². The molecule has 1 heterocycles. The van der Waals surface area contributed by atoms with E-state index in [9.17, 15) is 5.11 Å². The average Bonchev–Trinajstić information content (AvgIpc) is 2.28. The molecule has 1 fully saturated rings. The van der Waals surface area contributed by atoms with Crippen molar-refractivity contribution in [3.05, 3.63) is 11.6 Å². The van der Waals surface area contributed by atoms with E-state index in [2.05, 4.69) is 33.8 Å². The first-order chi connectivity index (χ1) is 8.06. The molecule has 98 valence electrons. The van der Waals surface area contributed by atoms with Gasteiger partial charge in [0.05, 0.1) is 19.3 Å². The van der Waals surface area contributed by atoms with Crippen LogP contribution in [0.5, 0.6) is 0 Å². The van der Waals surface area contributed by atoms with E-state index < -0.39 is 0 Å². The highest BCUT2D eigenvalue weighted by molar-refractivity contribution is 5.20.